The van der Waals surface area contributed by atoms with E-state index in [4.69, 9.17) is 0 Å². The zero-order valence-electron chi connectivity index (χ0n) is 15.0. The molecule has 0 bridgehead atoms. The van der Waals surface area contributed by atoms with Gasteiger partial charge in [0.25, 0.3) is 0 Å². The average Bonchev–Trinajstić information content (AvgIpc) is 2.94. The predicted octanol–water partition coefficient (Wildman–Crippen LogP) is 0.571. The van der Waals surface area contributed by atoms with Crippen LogP contribution in [0.3, 0.4) is 0 Å². The molecule has 1 unspecified atom stereocenters. The summed E-state index contributed by atoms with van der Waals surface area (Å²) in [6, 6.07) is 5.24. The molecule has 0 radical (unpaired) electrons. The molecular weight excluding hydrogens is 376 g/mol. The van der Waals surface area contributed by atoms with Crippen molar-refractivity contribution >= 4 is 25.8 Å². The van der Waals surface area contributed by atoms with Crippen LogP contribution in [0.4, 0.5) is 0 Å². The summed E-state index contributed by atoms with van der Waals surface area (Å²) in [5.41, 5.74) is 1.71. The van der Waals surface area contributed by atoms with Crippen LogP contribution in [0, 0.1) is 19.8 Å². The monoisotopic (exact) mass is 400 g/mol. The third-order valence-electron chi connectivity index (χ3n) is 5.08. The van der Waals surface area contributed by atoms with Crippen LogP contribution in [0.15, 0.2) is 23.1 Å². The molecule has 2 aliphatic heterocycles. The fourth-order valence-corrected chi connectivity index (χ4v) is 6.99. The van der Waals surface area contributed by atoms with Crippen molar-refractivity contribution in [2.24, 2.45) is 5.92 Å². The molecule has 0 saturated carbocycles. The Morgan fingerprint density at radius 1 is 1.12 bits per heavy atom. The Labute approximate surface area is 155 Å². The van der Waals surface area contributed by atoms with E-state index in [1.54, 1.807) is 24.0 Å². The number of nitrogens with zero attached hydrogens (tertiary/aromatic N) is 2. The highest BCUT2D eigenvalue weighted by Crippen LogP contribution is 2.24. The molecule has 0 spiro atoms. The number of hydrogen-bond donors (Lipinski definition) is 0. The molecule has 1 aromatic rings. The van der Waals surface area contributed by atoms with Crippen LogP contribution in [0.5, 0.6) is 0 Å². The lowest BCUT2D eigenvalue weighted by atomic mass is 10.1. The van der Waals surface area contributed by atoms with Crippen LogP contribution in [0.25, 0.3) is 0 Å². The standard InChI is InChI=1S/C17H24N2O5S2/c1-13-3-4-16(14(2)11-13)26(23,24)19-8-6-18(7-9-19)17(20)15-5-10-25(21,22)12-15/h3-4,11,15H,5-10,12H2,1-2H3. The van der Waals surface area contributed by atoms with E-state index < -0.39 is 25.8 Å². The van der Waals surface area contributed by atoms with Gasteiger partial charge in [0.2, 0.25) is 15.9 Å². The Bertz CT molecular complexity index is 916. The topological polar surface area (TPSA) is 91.8 Å². The van der Waals surface area contributed by atoms with E-state index in [2.05, 4.69) is 0 Å². The lowest BCUT2D eigenvalue weighted by Crippen LogP contribution is -2.52. The molecule has 9 heteroatoms. The number of carbonyl (C=O) groups excluding carboxylic acids is 1. The quantitative estimate of drug-likeness (QED) is 0.740. The van der Waals surface area contributed by atoms with Crippen molar-refractivity contribution in [3.05, 3.63) is 29.3 Å². The van der Waals surface area contributed by atoms with Crippen LogP contribution < -0.4 is 0 Å². The van der Waals surface area contributed by atoms with E-state index in [0.29, 0.717) is 30.0 Å². The molecule has 1 aromatic carbocycles. The minimum absolute atomic E-state index is 0.0600. The zero-order valence-corrected chi connectivity index (χ0v) is 16.6. The number of carbonyl (C=O) groups is 1. The molecule has 0 aliphatic carbocycles. The minimum atomic E-state index is -3.60. The third-order valence-corrected chi connectivity index (χ3v) is 8.91. The maximum atomic E-state index is 12.9. The molecule has 7 nitrogen and oxygen atoms in total. The van der Waals surface area contributed by atoms with E-state index in [9.17, 15) is 21.6 Å². The fourth-order valence-electron chi connectivity index (χ4n) is 3.62. The molecule has 144 valence electrons. The van der Waals surface area contributed by atoms with Gasteiger partial charge < -0.3 is 4.90 Å². The van der Waals surface area contributed by atoms with Gasteiger partial charge in [0.15, 0.2) is 9.84 Å². The summed E-state index contributed by atoms with van der Waals surface area (Å²) in [7, 11) is -6.71. The molecule has 3 rings (SSSR count). The number of sulfone groups is 1. The van der Waals surface area contributed by atoms with Gasteiger partial charge in [-0.25, -0.2) is 16.8 Å². The van der Waals surface area contributed by atoms with Gasteiger partial charge in [-0.15, -0.1) is 0 Å². The zero-order chi connectivity index (χ0) is 19.1. The first-order valence-corrected chi connectivity index (χ1v) is 11.9. The Morgan fingerprint density at radius 3 is 2.31 bits per heavy atom. The second kappa shape index (κ2) is 6.94. The van der Waals surface area contributed by atoms with Crippen molar-refractivity contribution in [2.45, 2.75) is 25.2 Å². The van der Waals surface area contributed by atoms with Gasteiger partial charge in [-0.05, 0) is 31.9 Å². The van der Waals surface area contributed by atoms with Gasteiger partial charge in [-0.2, -0.15) is 4.31 Å². The van der Waals surface area contributed by atoms with E-state index in [-0.39, 0.29) is 30.5 Å². The average molecular weight is 401 g/mol. The van der Waals surface area contributed by atoms with Crippen LogP contribution in [-0.4, -0.2) is 69.6 Å². The third kappa shape index (κ3) is 3.79. The van der Waals surface area contributed by atoms with E-state index in [1.165, 1.54) is 4.31 Å². The van der Waals surface area contributed by atoms with Crippen molar-refractivity contribution in [1.29, 1.82) is 0 Å². The number of amides is 1. The van der Waals surface area contributed by atoms with Crippen LogP contribution >= 0.6 is 0 Å². The summed E-state index contributed by atoms with van der Waals surface area (Å²) in [4.78, 5) is 14.4. The van der Waals surface area contributed by atoms with E-state index in [1.807, 2.05) is 13.0 Å². The number of hydrogen-bond acceptors (Lipinski definition) is 5. The highest BCUT2D eigenvalue weighted by atomic mass is 32.2. The van der Waals surface area contributed by atoms with Gasteiger partial charge in [0, 0.05) is 26.2 Å². The van der Waals surface area contributed by atoms with E-state index >= 15 is 0 Å². The van der Waals surface area contributed by atoms with Crippen molar-refractivity contribution in [2.75, 3.05) is 37.7 Å². The predicted molar refractivity (Wildman–Crippen MR) is 98.0 cm³/mol. The second-order valence-corrected chi connectivity index (χ2v) is 11.2. The molecule has 0 aromatic heterocycles. The molecule has 1 atom stereocenters. The summed E-state index contributed by atoms with van der Waals surface area (Å²) in [6.07, 6.45) is 0.363. The number of aryl methyl sites for hydroxylation is 2. The van der Waals surface area contributed by atoms with Crippen molar-refractivity contribution in [3.8, 4) is 0 Å². The molecular formula is C17H24N2O5S2. The number of rotatable bonds is 3. The van der Waals surface area contributed by atoms with Gasteiger partial charge in [0.05, 0.1) is 22.3 Å². The second-order valence-electron chi connectivity index (χ2n) is 7.10. The Balaban J connectivity index is 1.67. The van der Waals surface area contributed by atoms with Crippen LogP contribution in [-0.2, 0) is 24.7 Å². The van der Waals surface area contributed by atoms with Crippen LogP contribution in [0.2, 0.25) is 0 Å². The first kappa shape index (κ1) is 19.3. The minimum Gasteiger partial charge on any atom is -0.340 e. The highest BCUT2D eigenvalue weighted by Gasteiger charge is 2.37. The summed E-state index contributed by atoms with van der Waals surface area (Å²) in [5.74, 6) is -0.686. The van der Waals surface area contributed by atoms with Gasteiger partial charge in [-0.3, -0.25) is 4.79 Å². The Morgan fingerprint density at radius 2 is 1.77 bits per heavy atom. The summed E-state index contributed by atoms with van der Waals surface area (Å²) in [6.45, 7) is 4.72. The molecule has 26 heavy (non-hydrogen) atoms. The molecule has 2 saturated heterocycles. The molecule has 2 aliphatic rings. The van der Waals surface area contributed by atoms with E-state index in [0.717, 1.165) is 5.56 Å². The lowest BCUT2D eigenvalue weighted by Gasteiger charge is -2.35. The SMILES string of the molecule is Cc1ccc(S(=O)(=O)N2CCN(C(=O)C3CCS(=O)(=O)C3)CC2)c(C)c1. The summed E-state index contributed by atoms with van der Waals surface area (Å²) < 4.78 is 50.3. The molecule has 2 fully saturated rings. The molecule has 2 heterocycles. The normalized spacial score (nSPS) is 23.9. The highest BCUT2D eigenvalue weighted by molar-refractivity contribution is 7.91. The first-order chi connectivity index (χ1) is 12.1. The fraction of sp³-hybridized carbons (Fsp3) is 0.588. The number of benzene rings is 1. The molecule has 0 N–H and O–H groups in total. The smallest absolute Gasteiger partial charge is 0.243 e. The van der Waals surface area contributed by atoms with Gasteiger partial charge in [0.1, 0.15) is 0 Å². The lowest BCUT2D eigenvalue weighted by molar-refractivity contribution is -0.135. The largest absolute Gasteiger partial charge is 0.340 e. The summed E-state index contributed by atoms with van der Waals surface area (Å²) in [5, 5.41) is 0. The van der Waals surface area contributed by atoms with Gasteiger partial charge >= 0.3 is 0 Å². The van der Waals surface area contributed by atoms with Crippen molar-refractivity contribution in [3.63, 3.8) is 0 Å². The van der Waals surface area contributed by atoms with Crippen LogP contribution in [0.1, 0.15) is 17.5 Å². The Hall–Kier alpha value is -1.45. The van der Waals surface area contributed by atoms with Crippen molar-refractivity contribution in [1.82, 2.24) is 9.21 Å². The maximum absolute atomic E-state index is 12.9. The maximum Gasteiger partial charge on any atom is 0.243 e. The Kier molecular flexibility index (Phi) is 5.15. The number of piperazine rings is 1. The first-order valence-electron chi connectivity index (χ1n) is 8.67. The van der Waals surface area contributed by atoms with Crippen molar-refractivity contribution < 1.29 is 21.6 Å². The summed E-state index contributed by atoms with van der Waals surface area (Å²) >= 11 is 0. The molecule has 1 amide bonds. The van der Waals surface area contributed by atoms with Gasteiger partial charge in [-0.1, -0.05) is 17.7 Å². The number of sulfonamides is 1.